The average Bonchev–Trinajstić information content (AvgIpc) is 3.25. The van der Waals surface area contributed by atoms with Gasteiger partial charge in [0.2, 0.25) is 0 Å². The summed E-state index contributed by atoms with van der Waals surface area (Å²) in [5.74, 6) is -0.156. The van der Waals surface area contributed by atoms with E-state index in [1.54, 1.807) is 17.0 Å². The molecule has 3 aromatic carbocycles. The third kappa shape index (κ3) is 4.54. The van der Waals surface area contributed by atoms with Crippen molar-refractivity contribution in [2.75, 3.05) is 13.1 Å². The van der Waals surface area contributed by atoms with E-state index in [-0.39, 0.29) is 36.4 Å². The smallest absolute Gasteiger partial charge is 0.411 e. The molecule has 0 saturated carbocycles. The normalized spacial score (nSPS) is 21.2. The van der Waals surface area contributed by atoms with Gasteiger partial charge in [-0.25, -0.2) is 14.0 Å². The van der Waals surface area contributed by atoms with E-state index in [1.165, 1.54) is 12.1 Å². The molecule has 192 valence electrons. The SMILES string of the molecule is CCC(C)[C@H]1CN(C(=O)NCc2ccc(F)cc2)C[C@H]2N1C(=O)OC2(c1ccccc1)c1ccccc1. The van der Waals surface area contributed by atoms with E-state index in [4.69, 9.17) is 4.74 Å². The number of urea groups is 1. The van der Waals surface area contributed by atoms with Crippen molar-refractivity contribution in [3.05, 3.63) is 107 Å². The van der Waals surface area contributed by atoms with Crippen molar-refractivity contribution in [2.45, 2.75) is 44.5 Å². The van der Waals surface area contributed by atoms with Crippen LogP contribution in [0, 0.1) is 11.7 Å². The van der Waals surface area contributed by atoms with Crippen LogP contribution in [0.25, 0.3) is 0 Å². The van der Waals surface area contributed by atoms with Gasteiger partial charge in [0.15, 0.2) is 5.60 Å². The van der Waals surface area contributed by atoms with Crippen LogP contribution in [0.3, 0.4) is 0 Å². The van der Waals surface area contributed by atoms with Crippen LogP contribution in [0.1, 0.15) is 37.0 Å². The highest BCUT2D eigenvalue weighted by Gasteiger charge is 2.61. The molecule has 5 rings (SSSR count). The minimum Gasteiger partial charge on any atom is -0.431 e. The first-order chi connectivity index (χ1) is 17.9. The monoisotopic (exact) mass is 501 g/mol. The molecule has 0 bridgehead atoms. The lowest BCUT2D eigenvalue weighted by Gasteiger charge is -2.47. The Morgan fingerprint density at radius 2 is 1.59 bits per heavy atom. The summed E-state index contributed by atoms with van der Waals surface area (Å²) < 4.78 is 19.7. The Bertz CT molecular complexity index is 1200. The molecular weight excluding hydrogens is 469 g/mol. The Hall–Kier alpha value is -3.87. The Morgan fingerprint density at radius 3 is 2.16 bits per heavy atom. The molecule has 3 aromatic rings. The number of carbonyl (C=O) groups excluding carboxylic acids is 2. The van der Waals surface area contributed by atoms with Gasteiger partial charge in [0.05, 0.1) is 6.04 Å². The van der Waals surface area contributed by atoms with E-state index in [0.29, 0.717) is 13.1 Å². The molecule has 2 aliphatic heterocycles. The molecule has 0 radical (unpaired) electrons. The van der Waals surface area contributed by atoms with Crippen LogP contribution in [0.15, 0.2) is 84.9 Å². The number of amides is 3. The zero-order valence-electron chi connectivity index (χ0n) is 21.1. The third-order valence-corrected chi connectivity index (χ3v) is 7.77. The maximum absolute atomic E-state index is 13.6. The molecule has 3 amide bonds. The van der Waals surface area contributed by atoms with Crippen molar-refractivity contribution in [1.29, 1.82) is 0 Å². The van der Waals surface area contributed by atoms with E-state index in [1.807, 2.05) is 65.6 Å². The number of benzene rings is 3. The third-order valence-electron chi connectivity index (χ3n) is 7.77. The summed E-state index contributed by atoms with van der Waals surface area (Å²) in [5.41, 5.74) is 1.51. The lowest BCUT2D eigenvalue weighted by atomic mass is 9.78. The lowest BCUT2D eigenvalue weighted by molar-refractivity contribution is 0.0260. The van der Waals surface area contributed by atoms with Gasteiger partial charge in [0, 0.05) is 30.8 Å². The molecule has 2 saturated heterocycles. The highest BCUT2D eigenvalue weighted by molar-refractivity contribution is 5.78. The summed E-state index contributed by atoms with van der Waals surface area (Å²) in [6.07, 6.45) is 0.505. The number of rotatable bonds is 6. The molecular formula is C30H32FN3O3. The van der Waals surface area contributed by atoms with Gasteiger partial charge >= 0.3 is 12.1 Å². The molecule has 6 nitrogen and oxygen atoms in total. The number of nitrogens with zero attached hydrogens (tertiary/aromatic N) is 2. The molecule has 1 unspecified atom stereocenters. The summed E-state index contributed by atoms with van der Waals surface area (Å²) >= 11 is 0. The largest absolute Gasteiger partial charge is 0.431 e. The Kier molecular flexibility index (Phi) is 6.87. The molecule has 2 aliphatic rings. The van der Waals surface area contributed by atoms with Crippen molar-refractivity contribution in [2.24, 2.45) is 5.92 Å². The second kappa shape index (κ2) is 10.2. The average molecular weight is 502 g/mol. The van der Waals surface area contributed by atoms with E-state index in [0.717, 1.165) is 23.1 Å². The van der Waals surface area contributed by atoms with Crippen molar-refractivity contribution in [3.8, 4) is 0 Å². The number of hydrogen-bond acceptors (Lipinski definition) is 3. The fraction of sp³-hybridized carbons (Fsp3) is 0.333. The molecule has 1 N–H and O–H groups in total. The number of halogens is 1. The van der Waals surface area contributed by atoms with E-state index in [2.05, 4.69) is 19.2 Å². The first-order valence-corrected chi connectivity index (χ1v) is 12.8. The van der Waals surface area contributed by atoms with Crippen molar-refractivity contribution in [3.63, 3.8) is 0 Å². The standard InChI is InChI=1S/C30H32FN3O3/c1-3-21(2)26-19-33(28(35)32-18-22-14-16-25(31)17-15-22)20-27-30(37-29(36)34(26)27,23-10-6-4-7-11-23)24-12-8-5-9-13-24/h4-17,21,26-27H,3,18-20H2,1-2H3,(H,32,35)/t21?,26-,27-/m1/s1. The summed E-state index contributed by atoms with van der Waals surface area (Å²) in [4.78, 5) is 30.7. The second-order valence-corrected chi connectivity index (χ2v) is 9.90. The van der Waals surface area contributed by atoms with Gasteiger partial charge in [0.25, 0.3) is 0 Å². The van der Waals surface area contributed by atoms with Crippen molar-refractivity contribution in [1.82, 2.24) is 15.1 Å². The van der Waals surface area contributed by atoms with E-state index >= 15 is 0 Å². The number of fused-ring (bicyclic) bond motifs is 1. The first kappa shape index (κ1) is 24.8. The Balaban J connectivity index is 1.52. The second-order valence-electron chi connectivity index (χ2n) is 9.90. The topological polar surface area (TPSA) is 61.9 Å². The van der Waals surface area contributed by atoms with Crippen LogP contribution in [-0.2, 0) is 16.9 Å². The quantitative estimate of drug-likeness (QED) is 0.483. The molecule has 3 atom stereocenters. The molecule has 37 heavy (non-hydrogen) atoms. The molecule has 7 heteroatoms. The number of piperazine rings is 1. The van der Waals surface area contributed by atoms with E-state index in [9.17, 15) is 14.0 Å². The predicted octanol–water partition coefficient (Wildman–Crippen LogP) is 5.53. The highest BCUT2D eigenvalue weighted by Crippen LogP contribution is 2.47. The van der Waals surface area contributed by atoms with Crippen molar-refractivity contribution >= 4 is 12.1 Å². The summed E-state index contributed by atoms with van der Waals surface area (Å²) in [6.45, 7) is 5.22. The first-order valence-electron chi connectivity index (χ1n) is 12.8. The Morgan fingerprint density at radius 1 is 1.00 bits per heavy atom. The molecule has 0 aromatic heterocycles. The molecule has 0 aliphatic carbocycles. The van der Waals surface area contributed by atoms with Crippen LogP contribution >= 0.6 is 0 Å². The molecule has 2 heterocycles. The predicted molar refractivity (Wildman–Crippen MR) is 139 cm³/mol. The minimum absolute atomic E-state index is 0.157. The van der Waals surface area contributed by atoms with Crippen LogP contribution in [0.2, 0.25) is 0 Å². The number of carbonyl (C=O) groups is 2. The molecule has 2 fully saturated rings. The van der Waals surface area contributed by atoms with E-state index < -0.39 is 11.6 Å². The lowest BCUT2D eigenvalue weighted by Crippen LogP contribution is -2.65. The fourth-order valence-electron chi connectivity index (χ4n) is 5.59. The van der Waals surface area contributed by atoms with Crippen molar-refractivity contribution < 1.29 is 18.7 Å². The Labute approximate surface area is 217 Å². The highest BCUT2D eigenvalue weighted by atomic mass is 19.1. The van der Waals surface area contributed by atoms with Gasteiger partial charge in [-0.05, 0) is 23.6 Å². The summed E-state index contributed by atoms with van der Waals surface area (Å²) in [7, 11) is 0. The number of nitrogens with one attached hydrogen (secondary N) is 1. The maximum atomic E-state index is 13.6. The number of cyclic esters (lactones) is 1. The van der Waals surface area contributed by atoms with Crippen LogP contribution in [0.4, 0.5) is 14.0 Å². The van der Waals surface area contributed by atoms with Crippen LogP contribution in [0.5, 0.6) is 0 Å². The van der Waals surface area contributed by atoms with Gasteiger partial charge in [-0.2, -0.15) is 0 Å². The summed E-state index contributed by atoms with van der Waals surface area (Å²) in [5, 5.41) is 2.98. The van der Waals surface area contributed by atoms with Gasteiger partial charge in [-0.15, -0.1) is 0 Å². The van der Waals surface area contributed by atoms with Gasteiger partial charge < -0.3 is 15.0 Å². The molecule has 0 spiro atoms. The fourth-order valence-corrected chi connectivity index (χ4v) is 5.59. The zero-order chi connectivity index (χ0) is 26.0. The van der Waals surface area contributed by atoms with Crippen LogP contribution < -0.4 is 5.32 Å². The van der Waals surface area contributed by atoms with Gasteiger partial charge in [0.1, 0.15) is 11.9 Å². The summed E-state index contributed by atoms with van der Waals surface area (Å²) in [6, 6.07) is 24.9. The minimum atomic E-state index is -1.05. The number of ether oxygens (including phenoxy) is 1. The zero-order valence-corrected chi connectivity index (χ0v) is 21.1. The van der Waals surface area contributed by atoms with Crippen LogP contribution in [-0.4, -0.2) is 47.1 Å². The maximum Gasteiger partial charge on any atom is 0.411 e. The number of hydrogen-bond donors (Lipinski definition) is 1. The van der Waals surface area contributed by atoms with Gasteiger partial charge in [-0.3, -0.25) is 4.90 Å². The van der Waals surface area contributed by atoms with Gasteiger partial charge in [-0.1, -0.05) is 93.1 Å².